The number of hydrogen-bond acceptors (Lipinski definition) is 4. The van der Waals surface area contributed by atoms with Crippen LogP contribution < -0.4 is 26.4 Å². The Hall–Kier alpha value is -3.55. The standard InChI is InChI=1S/C23H31N5O3/c1-16(18-8-10-20(31-3)11-9-18)12-13-26-23(25-2)28-14-17-4-6-19(7-5-17)22(30)27-15-21(24)29/h4-11,16H,12-15H2,1-3H3,(H2,24,29)(H,27,30)(H2,25,26,28). The lowest BCUT2D eigenvalue weighted by molar-refractivity contribution is -0.117. The predicted octanol–water partition coefficient (Wildman–Crippen LogP) is 1.77. The van der Waals surface area contributed by atoms with Gasteiger partial charge in [-0.05, 0) is 47.7 Å². The van der Waals surface area contributed by atoms with Crippen molar-refractivity contribution in [1.82, 2.24) is 16.0 Å². The van der Waals surface area contributed by atoms with Gasteiger partial charge in [0, 0.05) is 25.7 Å². The Morgan fingerprint density at radius 3 is 2.29 bits per heavy atom. The first-order valence-corrected chi connectivity index (χ1v) is 10.2. The van der Waals surface area contributed by atoms with Crippen LogP contribution in [0, 0.1) is 0 Å². The normalized spacial score (nSPS) is 12.0. The van der Waals surface area contributed by atoms with Crippen molar-refractivity contribution in [3.63, 3.8) is 0 Å². The number of nitrogens with one attached hydrogen (secondary N) is 3. The maximum absolute atomic E-state index is 11.9. The molecule has 1 atom stereocenters. The van der Waals surface area contributed by atoms with Crippen LogP contribution in [-0.2, 0) is 11.3 Å². The molecule has 0 aromatic heterocycles. The van der Waals surface area contributed by atoms with E-state index in [1.807, 2.05) is 24.3 Å². The molecule has 2 aromatic rings. The molecule has 0 saturated heterocycles. The minimum Gasteiger partial charge on any atom is -0.497 e. The van der Waals surface area contributed by atoms with Gasteiger partial charge in [-0.2, -0.15) is 0 Å². The molecule has 1 unspecified atom stereocenters. The molecule has 2 rings (SSSR count). The summed E-state index contributed by atoms with van der Waals surface area (Å²) in [5.41, 5.74) is 7.77. The number of guanidine groups is 1. The third-order valence-electron chi connectivity index (χ3n) is 4.88. The molecule has 2 aromatic carbocycles. The molecule has 0 heterocycles. The van der Waals surface area contributed by atoms with Gasteiger partial charge in [-0.3, -0.25) is 14.6 Å². The van der Waals surface area contributed by atoms with Crippen molar-refractivity contribution >= 4 is 17.8 Å². The van der Waals surface area contributed by atoms with Crippen molar-refractivity contribution in [2.24, 2.45) is 10.7 Å². The number of hydrogen-bond donors (Lipinski definition) is 4. The number of rotatable bonds is 10. The number of primary amides is 1. The van der Waals surface area contributed by atoms with E-state index in [9.17, 15) is 9.59 Å². The van der Waals surface area contributed by atoms with E-state index in [4.69, 9.17) is 10.5 Å². The quantitative estimate of drug-likeness (QED) is 0.342. The van der Waals surface area contributed by atoms with Crippen molar-refractivity contribution in [2.45, 2.75) is 25.8 Å². The Balaban J connectivity index is 1.76. The molecule has 31 heavy (non-hydrogen) atoms. The van der Waals surface area contributed by atoms with Gasteiger partial charge in [0.25, 0.3) is 5.91 Å². The van der Waals surface area contributed by atoms with Crippen molar-refractivity contribution in [3.05, 3.63) is 65.2 Å². The van der Waals surface area contributed by atoms with Gasteiger partial charge >= 0.3 is 0 Å². The molecule has 0 aliphatic carbocycles. The highest BCUT2D eigenvalue weighted by molar-refractivity contribution is 5.96. The number of nitrogens with two attached hydrogens (primary N) is 1. The summed E-state index contributed by atoms with van der Waals surface area (Å²) in [6, 6.07) is 15.3. The second-order valence-electron chi connectivity index (χ2n) is 7.16. The molecule has 0 aliphatic rings. The van der Waals surface area contributed by atoms with E-state index in [1.54, 1.807) is 26.3 Å². The summed E-state index contributed by atoms with van der Waals surface area (Å²) in [5.74, 6) is 1.07. The number of ether oxygens (including phenoxy) is 1. The largest absolute Gasteiger partial charge is 0.497 e. The first-order chi connectivity index (χ1) is 14.9. The first kappa shape index (κ1) is 23.7. The average Bonchev–Trinajstić information content (AvgIpc) is 2.79. The molecule has 0 spiro atoms. The van der Waals surface area contributed by atoms with Gasteiger partial charge in [0.15, 0.2) is 5.96 Å². The Bertz CT molecular complexity index is 879. The van der Waals surface area contributed by atoms with Crippen molar-refractivity contribution < 1.29 is 14.3 Å². The molecule has 0 radical (unpaired) electrons. The van der Waals surface area contributed by atoms with Crippen LogP contribution in [0.2, 0.25) is 0 Å². The van der Waals surface area contributed by atoms with Crippen molar-refractivity contribution in [2.75, 3.05) is 27.2 Å². The van der Waals surface area contributed by atoms with Crippen LogP contribution in [0.4, 0.5) is 0 Å². The number of carbonyl (C=O) groups excluding carboxylic acids is 2. The first-order valence-electron chi connectivity index (χ1n) is 10.2. The summed E-state index contributed by atoms with van der Waals surface area (Å²) in [6.45, 7) is 3.37. The summed E-state index contributed by atoms with van der Waals surface area (Å²) >= 11 is 0. The average molecular weight is 426 g/mol. The zero-order valence-corrected chi connectivity index (χ0v) is 18.3. The lowest BCUT2D eigenvalue weighted by atomic mass is 9.98. The molecule has 166 valence electrons. The van der Waals surface area contributed by atoms with Gasteiger partial charge in [0.05, 0.1) is 13.7 Å². The van der Waals surface area contributed by atoms with Crippen LogP contribution in [-0.4, -0.2) is 45.0 Å². The summed E-state index contributed by atoms with van der Waals surface area (Å²) in [4.78, 5) is 26.9. The fraction of sp³-hybridized carbons (Fsp3) is 0.348. The van der Waals surface area contributed by atoms with Gasteiger partial charge in [-0.15, -0.1) is 0 Å². The lowest BCUT2D eigenvalue weighted by Gasteiger charge is -2.15. The maximum atomic E-state index is 11.9. The molecule has 0 aliphatic heterocycles. The molecule has 5 N–H and O–H groups in total. The predicted molar refractivity (Wildman–Crippen MR) is 122 cm³/mol. The van der Waals surface area contributed by atoms with Crippen molar-refractivity contribution in [3.8, 4) is 5.75 Å². The molecular weight excluding hydrogens is 394 g/mol. The number of aliphatic imine (C=N–C) groups is 1. The minimum absolute atomic E-state index is 0.179. The molecule has 8 nitrogen and oxygen atoms in total. The fourth-order valence-corrected chi connectivity index (χ4v) is 2.96. The number of benzene rings is 2. The summed E-state index contributed by atoms with van der Waals surface area (Å²) < 4.78 is 5.20. The van der Waals surface area contributed by atoms with Gasteiger partial charge in [-0.25, -0.2) is 0 Å². The fourth-order valence-electron chi connectivity index (χ4n) is 2.96. The van der Waals surface area contributed by atoms with Crippen molar-refractivity contribution in [1.29, 1.82) is 0 Å². The van der Waals surface area contributed by atoms with Crippen LogP contribution in [0.15, 0.2) is 53.5 Å². The second kappa shape index (κ2) is 12.2. The molecule has 0 saturated carbocycles. The highest BCUT2D eigenvalue weighted by Gasteiger charge is 2.08. The number of nitrogens with zero attached hydrogens (tertiary/aromatic N) is 1. The van der Waals surface area contributed by atoms with E-state index >= 15 is 0 Å². The van der Waals surface area contributed by atoms with Gasteiger partial charge in [-0.1, -0.05) is 31.2 Å². The third-order valence-corrected chi connectivity index (χ3v) is 4.88. The Labute approximate surface area is 183 Å². The van der Waals surface area contributed by atoms with Crippen LogP contribution >= 0.6 is 0 Å². The summed E-state index contributed by atoms with van der Waals surface area (Å²) in [6.07, 6.45) is 0.960. The van der Waals surface area contributed by atoms with Crippen LogP contribution in [0.25, 0.3) is 0 Å². The lowest BCUT2D eigenvalue weighted by Crippen LogP contribution is -2.37. The number of methoxy groups -OCH3 is 1. The molecule has 2 amide bonds. The molecule has 8 heteroatoms. The number of carbonyl (C=O) groups is 2. The van der Waals surface area contributed by atoms with Gasteiger partial charge in [0.1, 0.15) is 5.75 Å². The highest BCUT2D eigenvalue weighted by Crippen LogP contribution is 2.21. The van der Waals surface area contributed by atoms with Crippen LogP contribution in [0.5, 0.6) is 5.75 Å². The third kappa shape index (κ3) is 8.00. The van der Waals surface area contributed by atoms with E-state index in [1.165, 1.54) is 5.56 Å². The van der Waals surface area contributed by atoms with E-state index < -0.39 is 5.91 Å². The topological polar surface area (TPSA) is 118 Å². The Kier molecular flexibility index (Phi) is 9.35. The zero-order valence-electron chi connectivity index (χ0n) is 18.3. The smallest absolute Gasteiger partial charge is 0.251 e. The summed E-state index contributed by atoms with van der Waals surface area (Å²) in [7, 11) is 3.40. The molecule has 0 fully saturated rings. The monoisotopic (exact) mass is 425 g/mol. The second-order valence-corrected chi connectivity index (χ2v) is 7.16. The number of amides is 2. The van der Waals surface area contributed by atoms with E-state index in [2.05, 4.69) is 40.0 Å². The minimum atomic E-state index is -0.577. The highest BCUT2D eigenvalue weighted by atomic mass is 16.5. The molecular formula is C23H31N5O3. The van der Waals surface area contributed by atoms with E-state index in [-0.39, 0.29) is 12.5 Å². The summed E-state index contributed by atoms with van der Waals surface area (Å²) in [5, 5.41) is 9.05. The Morgan fingerprint density at radius 1 is 1.03 bits per heavy atom. The SMILES string of the molecule is CN=C(NCCC(C)c1ccc(OC)cc1)NCc1ccc(C(=O)NCC(N)=O)cc1. The van der Waals surface area contributed by atoms with E-state index in [0.29, 0.717) is 24.0 Å². The zero-order chi connectivity index (χ0) is 22.6. The maximum Gasteiger partial charge on any atom is 0.251 e. The van der Waals surface area contributed by atoms with Gasteiger partial charge in [0.2, 0.25) is 5.91 Å². The molecule has 0 bridgehead atoms. The van der Waals surface area contributed by atoms with Gasteiger partial charge < -0.3 is 26.4 Å². The van der Waals surface area contributed by atoms with Crippen LogP contribution in [0.3, 0.4) is 0 Å². The Morgan fingerprint density at radius 2 is 1.71 bits per heavy atom. The van der Waals surface area contributed by atoms with E-state index in [0.717, 1.165) is 24.3 Å². The van der Waals surface area contributed by atoms with Crippen LogP contribution in [0.1, 0.15) is 40.7 Å².